The minimum Gasteiger partial charge on any atom is -0.381 e. The van der Waals surface area contributed by atoms with Crippen LogP contribution in [0.3, 0.4) is 0 Å². The summed E-state index contributed by atoms with van der Waals surface area (Å²) < 4.78 is 11.5. The van der Waals surface area contributed by atoms with Crippen LogP contribution in [0, 0.1) is 0 Å². The summed E-state index contributed by atoms with van der Waals surface area (Å²) in [6.45, 7) is 5.66. The van der Waals surface area contributed by atoms with Crippen LogP contribution in [0.15, 0.2) is 0 Å². The summed E-state index contributed by atoms with van der Waals surface area (Å²) >= 11 is 0. The summed E-state index contributed by atoms with van der Waals surface area (Å²) in [5, 5.41) is 3.22. The van der Waals surface area contributed by atoms with Crippen molar-refractivity contribution in [3.63, 3.8) is 0 Å². The highest BCUT2D eigenvalue weighted by atomic mass is 16.5. The Hall–Kier alpha value is -1.38. The molecule has 0 radical (unpaired) electrons. The first kappa shape index (κ1) is 19.9. The van der Waals surface area contributed by atoms with E-state index in [0.29, 0.717) is 32.8 Å². The van der Waals surface area contributed by atoms with Crippen molar-refractivity contribution in [2.75, 3.05) is 59.6 Å². The van der Waals surface area contributed by atoms with E-state index in [0.717, 1.165) is 58.3 Å². The van der Waals surface area contributed by atoms with Gasteiger partial charge in [-0.25, -0.2) is 4.79 Å². The van der Waals surface area contributed by atoms with Gasteiger partial charge in [0.1, 0.15) is 0 Å². The van der Waals surface area contributed by atoms with Gasteiger partial charge in [-0.2, -0.15) is 0 Å². The number of carbonyl (C=O) groups is 2. The Morgan fingerprint density at radius 2 is 1.68 bits per heavy atom. The average molecular weight is 395 g/mol. The highest BCUT2D eigenvalue weighted by Crippen LogP contribution is 2.34. The van der Waals surface area contributed by atoms with E-state index in [1.54, 1.807) is 0 Å². The van der Waals surface area contributed by atoms with E-state index in [-0.39, 0.29) is 29.6 Å². The molecule has 0 aliphatic carbocycles. The third-order valence-electron chi connectivity index (χ3n) is 6.91. The van der Waals surface area contributed by atoms with Gasteiger partial charge in [0.05, 0.1) is 11.6 Å². The lowest BCUT2D eigenvalue weighted by molar-refractivity contribution is -0.140. The molecule has 3 amide bonds. The highest BCUT2D eigenvalue weighted by Gasteiger charge is 2.40. The van der Waals surface area contributed by atoms with Crippen molar-refractivity contribution in [1.29, 1.82) is 0 Å². The average Bonchev–Trinajstić information content (AvgIpc) is 3.14. The van der Waals surface area contributed by atoms with Crippen molar-refractivity contribution in [1.82, 2.24) is 20.0 Å². The zero-order valence-corrected chi connectivity index (χ0v) is 17.0. The van der Waals surface area contributed by atoms with Gasteiger partial charge in [0, 0.05) is 52.0 Å². The second-order valence-electron chi connectivity index (χ2n) is 8.73. The number of amides is 3. The maximum atomic E-state index is 12.8. The summed E-state index contributed by atoms with van der Waals surface area (Å²) in [6.07, 6.45) is 5.60. The van der Waals surface area contributed by atoms with Crippen LogP contribution in [-0.2, 0) is 14.3 Å². The van der Waals surface area contributed by atoms with Crippen LogP contribution < -0.4 is 5.32 Å². The lowest BCUT2D eigenvalue weighted by atomic mass is 9.84. The molecule has 0 aromatic heterocycles. The van der Waals surface area contributed by atoms with Gasteiger partial charge in [-0.3, -0.25) is 9.69 Å². The number of hydrogen-bond donors (Lipinski definition) is 1. The topological polar surface area (TPSA) is 74.4 Å². The zero-order chi connectivity index (χ0) is 19.6. The first-order valence-corrected chi connectivity index (χ1v) is 10.8. The summed E-state index contributed by atoms with van der Waals surface area (Å²) in [4.78, 5) is 31.4. The largest absolute Gasteiger partial charge is 0.381 e. The van der Waals surface area contributed by atoms with Crippen LogP contribution in [0.25, 0.3) is 0 Å². The van der Waals surface area contributed by atoms with Crippen LogP contribution in [0.2, 0.25) is 0 Å². The molecule has 1 N–H and O–H groups in total. The summed E-state index contributed by atoms with van der Waals surface area (Å²) in [5.74, 6) is 0.228. The number of nitrogens with one attached hydrogen (secondary N) is 1. The monoisotopic (exact) mass is 394 g/mol. The van der Waals surface area contributed by atoms with Gasteiger partial charge < -0.3 is 24.6 Å². The molecule has 2 atom stereocenters. The van der Waals surface area contributed by atoms with Crippen molar-refractivity contribution in [3.05, 3.63) is 0 Å². The molecular formula is C20H34N4O4. The number of carbonyl (C=O) groups excluding carboxylic acids is 2. The van der Waals surface area contributed by atoms with Gasteiger partial charge in [0.2, 0.25) is 5.91 Å². The molecule has 1 spiro atoms. The Morgan fingerprint density at radius 3 is 2.36 bits per heavy atom. The molecule has 4 heterocycles. The number of piperazine rings is 1. The normalized spacial score (nSPS) is 31.2. The number of urea groups is 1. The maximum Gasteiger partial charge on any atom is 0.317 e. The Kier molecular flexibility index (Phi) is 6.08. The van der Waals surface area contributed by atoms with E-state index >= 15 is 0 Å². The predicted octanol–water partition coefficient (Wildman–Crippen LogP) is 0.663. The summed E-state index contributed by atoms with van der Waals surface area (Å²) in [6, 6.07) is 0.184. The van der Waals surface area contributed by atoms with E-state index in [4.69, 9.17) is 9.47 Å². The molecule has 4 fully saturated rings. The molecule has 4 aliphatic rings. The van der Waals surface area contributed by atoms with Gasteiger partial charge in [0.25, 0.3) is 0 Å². The third kappa shape index (κ3) is 4.28. The molecule has 158 valence electrons. The molecule has 8 nitrogen and oxygen atoms in total. The van der Waals surface area contributed by atoms with Crippen LogP contribution in [0.1, 0.15) is 38.5 Å². The fraction of sp³-hybridized carbons (Fsp3) is 0.900. The number of likely N-dealkylation sites (tertiary alicyclic amines) is 1. The van der Waals surface area contributed by atoms with Gasteiger partial charge in [-0.05, 0) is 52.1 Å². The number of hydrogen-bond acceptors (Lipinski definition) is 5. The second-order valence-corrected chi connectivity index (χ2v) is 8.73. The van der Waals surface area contributed by atoms with E-state index in [1.807, 2.05) is 16.8 Å². The smallest absolute Gasteiger partial charge is 0.317 e. The Balaban J connectivity index is 1.24. The minimum atomic E-state index is -0.118. The molecule has 28 heavy (non-hydrogen) atoms. The van der Waals surface area contributed by atoms with E-state index in [9.17, 15) is 9.59 Å². The first-order chi connectivity index (χ1) is 13.6. The molecule has 2 unspecified atom stereocenters. The van der Waals surface area contributed by atoms with Crippen molar-refractivity contribution in [3.8, 4) is 0 Å². The quantitative estimate of drug-likeness (QED) is 0.745. The van der Waals surface area contributed by atoms with Crippen molar-refractivity contribution in [2.45, 2.75) is 56.2 Å². The van der Waals surface area contributed by atoms with Crippen molar-refractivity contribution >= 4 is 11.9 Å². The Morgan fingerprint density at radius 1 is 0.964 bits per heavy atom. The van der Waals surface area contributed by atoms with Crippen LogP contribution in [-0.4, -0.2) is 104 Å². The standard InChI is InChI=1S/C20H34N4O4/c1-22-7-2-3-17(22)18(25)23-8-10-24(11-9-23)19(26)21-16-4-12-28-20(15-16)5-13-27-14-6-20/h16-17H,2-15H2,1H3,(H,21,26). The molecule has 0 bridgehead atoms. The van der Waals surface area contributed by atoms with Crippen molar-refractivity contribution < 1.29 is 19.1 Å². The van der Waals surface area contributed by atoms with Crippen LogP contribution in [0.4, 0.5) is 4.79 Å². The predicted molar refractivity (Wildman–Crippen MR) is 104 cm³/mol. The lowest BCUT2D eigenvalue weighted by Gasteiger charge is -2.44. The Labute approximate surface area is 167 Å². The summed E-state index contributed by atoms with van der Waals surface area (Å²) in [5.41, 5.74) is -0.118. The SMILES string of the molecule is CN1CCCC1C(=O)N1CCN(C(=O)NC2CCOC3(CCOCC3)C2)CC1. The molecule has 4 aliphatic heterocycles. The second kappa shape index (κ2) is 8.55. The minimum absolute atomic E-state index is 0.000747. The van der Waals surface area contributed by atoms with Crippen LogP contribution >= 0.6 is 0 Å². The van der Waals surface area contributed by atoms with Gasteiger partial charge in [-0.15, -0.1) is 0 Å². The number of ether oxygens (including phenoxy) is 2. The molecule has 4 saturated heterocycles. The Bertz CT molecular complexity index is 567. The van der Waals surface area contributed by atoms with E-state index in [2.05, 4.69) is 10.2 Å². The van der Waals surface area contributed by atoms with Crippen LogP contribution in [0.5, 0.6) is 0 Å². The van der Waals surface area contributed by atoms with E-state index in [1.165, 1.54) is 0 Å². The van der Waals surface area contributed by atoms with E-state index < -0.39 is 0 Å². The third-order valence-corrected chi connectivity index (χ3v) is 6.91. The zero-order valence-electron chi connectivity index (χ0n) is 17.0. The van der Waals surface area contributed by atoms with Gasteiger partial charge in [-0.1, -0.05) is 0 Å². The van der Waals surface area contributed by atoms with Crippen molar-refractivity contribution in [2.24, 2.45) is 0 Å². The molecule has 0 aromatic rings. The maximum absolute atomic E-state index is 12.8. The fourth-order valence-corrected chi connectivity index (χ4v) is 5.07. The molecule has 0 saturated carbocycles. The molecular weight excluding hydrogens is 360 g/mol. The number of likely N-dealkylation sites (N-methyl/N-ethyl adjacent to an activating group) is 1. The summed E-state index contributed by atoms with van der Waals surface area (Å²) in [7, 11) is 2.03. The van der Waals surface area contributed by atoms with Gasteiger partial charge in [0.15, 0.2) is 0 Å². The fourth-order valence-electron chi connectivity index (χ4n) is 5.07. The molecule has 4 rings (SSSR count). The first-order valence-electron chi connectivity index (χ1n) is 10.8. The van der Waals surface area contributed by atoms with Gasteiger partial charge >= 0.3 is 6.03 Å². The molecule has 8 heteroatoms. The molecule has 0 aromatic carbocycles. The number of nitrogens with zero attached hydrogens (tertiary/aromatic N) is 3. The lowest BCUT2D eigenvalue weighted by Crippen LogP contribution is -2.58. The highest BCUT2D eigenvalue weighted by molar-refractivity contribution is 5.82. The number of rotatable bonds is 2.